The summed E-state index contributed by atoms with van der Waals surface area (Å²) < 4.78 is 4.07. The van der Waals surface area contributed by atoms with Gasteiger partial charge in [-0.05, 0) is 19.1 Å². The van der Waals surface area contributed by atoms with E-state index in [0.717, 1.165) is 56.5 Å². The molecule has 3 heterocycles. The van der Waals surface area contributed by atoms with Crippen molar-refractivity contribution >= 4 is 5.91 Å². The number of piperazine rings is 1. The van der Waals surface area contributed by atoms with Gasteiger partial charge in [0.15, 0.2) is 0 Å². The molecule has 1 aliphatic heterocycles. The largest absolute Gasteiger partial charge is 0.336 e. The van der Waals surface area contributed by atoms with Crippen LogP contribution in [0.5, 0.6) is 0 Å². The summed E-state index contributed by atoms with van der Waals surface area (Å²) in [6.45, 7) is 11.5. The molecule has 0 bridgehead atoms. The fourth-order valence-corrected chi connectivity index (χ4v) is 4.05. The standard InChI is InChI=1S/C23H30N6O/c1-18(2)22-24-9-10-27(22)14-11-26-12-15-28(16-13-26)23(30)21-17-25-29(19(21)3)20-7-5-4-6-8-20/h4-10,17-18H,11-16H2,1-3H3. The van der Waals surface area contributed by atoms with Crippen molar-refractivity contribution in [2.24, 2.45) is 0 Å². The summed E-state index contributed by atoms with van der Waals surface area (Å²) >= 11 is 0. The third-order valence-electron chi connectivity index (χ3n) is 5.82. The van der Waals surface area contributed by atoms with Gasteiger partial charge in [-0.2, -0.15) is 5.10 Å². The number of nitrogens with zero attached hydrogens (tertiary/aromatic N) is 6. The molecule has 1 fully saturated rings. The summed E-state index contributed by atoms with van der Waals surface area (Å²) in [4.78, 5) is 21.9. The lowest BCUT2D eigenvalue weighted by atomic mass is 10.2. The number of carbonyl (C=O) groups is 1. The van der Waals surface area contributed by atoms with E-state index in [0.29, 0.717) is 11.5 Å². The number of amides is 1. The molecule has 0 radical (unpaired) electrons. The monoisotopic (exact) mass is 406 g/mol. The van der Waals surface area contributed by atoms with Crippen molar-refractivity contribution in [3.63, 3.8) is 0 Å². The van der Waals surface area contributed by atoms with Crippen molar-refractivity contribution in [1.29, 1.82) is 0 Å². The zero-order valence-electron chi connectivity index (χ0n) is 18.0. The SMILES string of the molecule is Cc1c(C(=O)N2CCN(CCn3ccnc3C(C)C)CC2)cnn1-c1ccccc1. The maximum absolute atomic E-state index is 13.1. The fraction of sp³-hybridized carbons (Fsp3) is 0.435. The molecule has 0 atom stereocenters. The van der Waals surface area contributed by atoms with Crippen LogP contribution in [-0.2, 0) is 6.54 Å². The molecule has 0 spiro atoms. The third kappa shape index (κ3) is 4.16. The van der Waals surface area contributed by atoms with Crippen molar-refractivity contribution < 1.29 is 4.79 Å². The number of rotatable bonds is 6. The number of hydrogen-bond acceptors (Lipinski definition) is 4. The normalized spacial score (nSPS) is 15.1. The zero-order valence-corrected chi connectivity index (χ0v) is 18.0. The summed E-state index contributed by atoms with van der Waals surface area (Å²) in [6.07, 6.45) is 5.63. The Labute approximate surface area is 177 Å². The van der Waals surface area contributed by atoms with Gasteiger partial charge < -0.3 is 9.47 Å². The van der Waals surface area contributed by atoms with E-state index >= 15 is 0 Å². The lowest BCUT2D eigenvalue weighted by Crippen LogP contribution is -2.49. The smallest absolute Gasteiger partial charge is 0.257 e. The Balaban J connectivity index is 1.34. The average molecular weight is 407 g/mol. The molecular weight excluding hydrogens is 376 g/mol. The van der Waals surface area contributed by atoms with E-state index in [4.69, 9.17) is 0 Å². The van der Waals surface area contributed by atoms with Crippen LogP contribution in [0.2, 0.25) is 0 Å². The van der Waals surface area contributed by atoms with Gasteiger partial charge in [-0.1, -0.05) is 32.0 Å². The summed E-state index contributed by atoms with van der Waals surface area (Å²) in [5, 5.41) is 4.45. The van der Waals surface area contributed by atoms with Gasteiger partial charge in [-0.3, -0.25) is 9.69 Å². The molecule has 1 amide bonds. The minimum atomic E-state index is 0.0750. The molecule has 4 rings (SSSR count). The van der Waals surface area contributed by atoms with Crippen LogP contribution >= 0.6 is 0 Å². The Morgan fingerprint density at radius 3 is 2.50 bits per heavy atom. The van der Waals surface area contributed by atoms with Gasteiger partial charge >= 0.3 is 0 Å². The van der Waals surface area contributed by atoms with Gasteiger partial charge in [0.1, 0.15) is 5.82 Å². The highest BCUT2D eigenvalue weighted by atomic mass is 16.2. The van der Waals surface area contributed by atoms with E-state index in [2.05, 4.69) is 39.6 Å². The van der Waals surface area contributed by atoms with Crippen LogP contribution < -0.4 is 0 Å². The highest BCUT2D eigenvalue weighted by molar-refractivity contribution is 5.95. The second-order valence-corrected chi connectivity index (χ2v) is 8.16. The zero-order chi connectivity index (χ0) is 21.1. The van der Waals surface area contributed by atoms with Crippen molar-refractivity contribution in [1.82, 2.24) is 29.1 Å². The van der Waals surface area contributed by atoms with E-state index in [-0.39, 0.29) is 5.91 Å². The van der Waals surface area contributed by atoms with E-state index in [9.17, 15) is 4.79 Å². The first-order chi connectivity index (χ1) is 14.5. The fourth-order valence-electron chi connectivity index (χ4n) is 4.05. The Hall–Kier alpha value is -2.93. The number of hydrogen-bond donors (Lipinski definition) is 0. The molecule has 7 nitrogen and oxygen atoms in total. The molecule has 1 saturated heterocycles. The van der Waals surface area contributed by atoms with Gasteiger partial charge in [0.2, 0.25) is 0 Å². The number of benzene rings is 1. The predicted octanol–water partition coefficient (Wildman–Crippen LogP) is 2.96. The number of imidazole rings is 1. The van der Waals surface area contributed by atoms with E-state index in [1.165, 1.54) is 0 Å². The summed E-state index contributed by atoms with van der Waals surface area (Å²) in [7, 11) is 0. The minimum absolute atomic E-state index is 0.0750. The van der Waals surface area contributed by atoms with E-state index in [1.807, 2.05) is 53.0 Å². The van der Waals surface area contributed by atoms with Gasteiger partial charge in [-0.25, -0.2) is 9.67 Å². The highest BCUT2D eigenvalue weighted by Gasteiger charge is 2.25. The van der Waals surface area contributed by atoms with Crippen LogP contribution in [0.1, 0.15) is 41.6 Å². The topological polar surface area (TPSA) is 59.2 Å². The molecule has 30 heavy (non-hydrogen) atoms. The lowest BCUT2D eigenvalue weighted by molar-refractivity contribution is 0.0632. The highest BCUT2D eigenvalue weighted by Crippen LogP contribution is 2.17. The summed E-state index contributed by atoms with van der Waals surface area (Å²) in [5.41, 5.74) is 2.54. The minimum Gasteiger partial charge on any atom is -0.336 e. The van der Waals surface area contributed by atoms with Gasteiger partial charge in [-0.15, -0.1) is 0 Å². The van der Waals surface area contributed by atoms with E-state index in [1.54, 1.807) is 6.20 Å². The number of aromatic nitrogens is 4. The Bertz CT molecular complexity index is 982. The number of carbonyl (C=O) groups excluding carboxylic acids is 1. The van der Waals surface area contributed by atoms with Crippen LogP contribution in [0, 0.1) is 6.92 Å². The van der Waals surface area contributed by atoms with Gasteiger partial charge in [0, 0.05) is 57.6 Å². The average Bonchev–Trinajstić information content (AvgIpc) is 3.39. The van der Waals surface area contributed by atoms with Crippen LogP contribution in [0.15, 0.2) is 48.9 Å². The molecule has 1 aromatic carbocycles. The molecule has 2 aromatic heterocycles. The van der Waals surface area contributed by atoms with E-state index < -0.39 is 0 Å². The quantitative estimate of drug-likeness (QED) is 0.632. The van der Waals surface area contributed by atoms with Crippen LogP contribution in [-0.4, -0.2) is 67.8 Å². The molecular formula is C23H30N6O. The first-order valence-corrected chi connectivity index (χ1v) is 10.7. The van der Waals surface area contributed by atoms with Crippen LogP contribution in [0.3, 0.4) is 0 Å². The maximum atomic E-state index is 13.1. The van der Waals surface area contributed by atoms with Gasteiger partial charge in [0.05, 0.1) is 23.1 Å². The first kappa shape index (κ1) is 20.3. The van der Waals surface area contributed by atoms with Crippen molar-refractivity contribution in [2.45, 2.75) is 33.2 Å². The Morgan fingerprint density at radius 2 is 1.80 bits per heavy atom. The third-order valence-corrected chi connectivity index (χ3v) is 5.82. The second-order valence-electron chi connectivity index (χ2n) is 8.16. The summed E-state index contributed by atoms with van der Waals surface area (Å²) in [6, 6.07) is 9.93. The van der Waals surface area contributed by atoms with Gasteiger partial charge in [0.25, 0.3) is 5.91 Å². The lowest BCUT2D eigenvalue weighted by Gasteiger charge is -2.34. The Kier molecular flexibility index (Phi) is 5.99. The second kappa shape index (κ2) is 8.83. The molecule has 158 valence electrons. The molecule has 7 heteroatoms. The predicted molar refractivity (Wildman–Crippen MR) is 117 cm³/mol. The molecule has 0 saturated carbocycles. The van der Waals surface area contributed by atoms with Crippen molar-refractivity contribution in [3.8, 4) is 5.69 Å². The van der Waals surface area contributed by atoms with Crippen molar-refractivity contribution in [3.05, 3.63) is 66.0 Å². The first-order valence-electron chi connectivity index (χ1n) is 10.7. The molecule has 0 aliphatic carbocycles. The molecule has 3 aromatic rings. The van der Waals surface area contributed by atoms with Crippen molar-refractivity contribution in [2.75, 3.05) is 32.7 Å². The van der Waals surface area contributed by atoms with Crippen LogP contribution in [0.4, 0.5) is 0 Å². The van der Waals surface area contributed by atoms with Crippen LogP contribution in [0.25, 0.3) is 5.69 Å². The number of para-hydroxylation sites is 1. The summed E-state index contributed by atoms with van der Waals surface area (Å²) in [5.74, 6) is 1.63. The molecule has 0 N–H and O–H groups in total. The molecule has 1 aliphatic rings. The maximum Gasteiger partial charge on any atom is 0.257 e. The molecule has 0 unspecified atom stereocenters. The Morgan fingerprint density at radius 1 is 1.07 bits per heavy atom.